The maximum atomic E-state index is 3.73. The molecular formula is C15H22BrN. The van der Waals surface area contributed by atoms with Crippen molar-refractivity contribution in [2.24, 2.45) is 5.41 Å². The molecule has 1 saturated carbocycles. The number of hydrogen-bond donors (Lipinski definition) is 0. The van der Waals surface area contributed by atoms with Crippen LogP contribution in [-0.4, -0.2) is 18.9 Å². The Kier molecular flexibility index (Phi) is 4.13. The number of benzene rings is 1. The highest BCUT2D eigenvalue weighted by Crippen LogP contribution is 2.40. The smallest absolute Gasteiger partial charge is 0.0393 e. The van der Waals surface area contributed by atoms with Crippen molar-refractivity contribution in [2.45, 2.75) is 32.6 Å². The lowest BCUT2D eigenvalue weighted by molar-refractivity contribution is 0.355. The Hall–Kier alpha value is -0.500. The predicted molar refractivity (Wildman–Crippen MR) is 79.1 cm³/mol. The summed E-state index contributed by atoms with van der Waals surface area (Å²) in [5, 5.41) is 1.14. The van der Waals surface area contributed by atoms with E-state index >= 15 is 0 Å². The van der Waals surface area contributed by atoms with Crippen LogP contribution in [0.25, 0.3) is 0 Å². The first-order valence-electron chi connectivity index (χ1n) is 6.50. The molecule has 1 aromatic carbocycles. The Morgan fingerprint density at radius 3 is 2.47 bits per heavy atom. The van der Waals surface area contributed by atoms with E-state index in [4.69, 9.17) is 0 Å². The van der Waals surface area contributed by atoms with Crippen LogP contribution < -0.4 is 4.90 Å². The molecule has 1 fully saturated rings. The Morgan fingerprint density at radius 1 is 1.24 bits per heavy atom. The molecule has 0 amide bonds. The monoisotopic (exact) mass is 295 g/mol. The van der Waals surface area contributed by atoms with Gasteiger partial charge >= 0.3 is 0 Å². The Labute approximate surface area is 113 Å². The lowest BCUT2D eigenvalue weighted by atomic mass is 9.88. The first-order chi connectivity index (χ1) is 8.17. The fourth-order valence-electron chi connectivity index (χ4n) is 3.04. The minimum Gasteiger partial charge on any atom is -0.374 e. The summed E-state index contributed by atoms with van der Waals surface area (Å²) >= 11 is 3.73. The molecule has 0 aromatic heterocycles. The van der Waals surface area contributed by atoms with E-state index in [1.54, 1.807) is 0 Å². The topological polar surface area (TPSA) is 3.24 Å². The average Bonchev–Trinajstić information content (AvgIpc) is 2.79. The third-order valence-electron chi connectivity index (χ3n) is 4.05. The van der Waals surface area contributed by atoms with Crippen LogP contribution in [0.1, 0.15) is 31.2 Å². The van der Waals surface area contributed by atoms with E-state index in [1.165, 1.54) is 43.5 Å². The molecule has 2 heteroatoms. The van der Waals surface area contributed by atoms with Crippen LogP contribution in [0.2, 0.25) is 0 Å². The van der Waals surface area contributed by atoms with Gasteiger partial charge in [-0.15, -0.1) is 0 Å². The van der Waals surface area contributed by atoms with Gasteiger partial charge < -0.3 is 4.90 Å². The van der Waals surface area contributed by atoms with Crippen LogP contribution in [-0.2, 0) is 0 Å². The van der Waals surface area contributed by atoms with Gasteiger partial charge in [0.05, 0.1) is 0 Å². The van der Waals surface area contributed by atoms with Gasteiger partial charge in [0.15, 0.2) is 0 Å². The molecule has 0 bridgehead atoms. The Bertz CT molecular complexity index is 369. The van der Waals surface area contributed by atoms with Gasteiger partial charge in [0, 0.05) is 24.6 Å². The van der Waals surface area contributed by atoms with Gasteiger partial charge in [-0.1, -0.05) is 47.0 Å². The van der Waals surface area contributed by atoms with Gasteiger partial charge in [-0.25, -0.2) is 0 Å². The van der Waals surface area contributed by atoms with Crippen LogP contribution in [0.15, 0.2) is 24.3 Å². The van der Waals surface area contributed by atoms with Crippen molar-refractivity contribution in [2.75, 3.05) is 23.8 Å². The second kappa shape index (κ2) is 5.43. The number of alkyl halides is 1. The Morgan fingerprint density at radius 2 is 1.88 bits per heavy atom. The van der Waals surface area contributed by atoms with E-state index in [0.29, 0.717) is 5.41 Å². The highest BCUT2D eigenvalue weighted by atomic mass is 79.9. The molecule has 94 valence electrons. The summed E-state index contributed by atoms with van der Waals surface area (Å²) in [6.45, 7) is 3.37. The lowest BCUT2D eigenvalue weighted by Crippen LogP contribution is -2.35. The molecule has 0 aliphatic heterocycles. The second-order valence-corrected chi connectivity index (χ2v) is 6.04. The second-order valence-electron chi connectivity index (χ2n) is 5.48. The number of nitrogens with zero attached hydrogens (tertiary/aromatic N) is 1. The summed E-state index contributed by atoms with van der Waals surface area (Å²) in [4.78, 5) is 2.43. The summed E-state index contributed by atoms with van der Waals surface area (Å²) in [6, 6.07) is 8.67. The van der Waals surface area contributed by atoms with Crippen molar-refractivity contribution in [3.05, 3.63) is 29.8 Å². The summed E-state index contributed by atoms with van der Waals surface area (Å²) in [6.07, 6.45) is 5.53. The van der Waals surface area contributed by atoms with E-state index in [-0.39, 0.29) is 0 Å². The van der Waals surface area contributed by atoms with Crippen LogP contribution >= 0.6 is 15.9 Å². The largest absolute Gasteiger partial charge is 0.374 e. The molecule has 0 unspecified atom stereocenters. The van der Waals surface area contributed by atoms with Crippen LogP contribution in [0.4, 0.5) is 5.69 Å². The van der Waals surface area contributed by atoms with E-state index in [2.05, 4.69) is 59.1 Å². The third-order valence-corrected chi connectivity index (χ3v) is 5.24. The molecule has 2 rings (SSSR count). The quantitative estimate of drug-likeness (QED) is 0.745. The molecular weight excluding hydrogens is 274 g/mol. The molecule has 0 radical (unpaired) electrons. The van der Waals surface area contributed by atoms with E-state index in [9.17, 15) is 0 Å². The zero-order valence-corrected chi connectivity index (χ0v) is 12.5. The molecule has 0 spiro atoms. The minimum absolute atomic E-state index is 0.497. The molecule has 0 saturated heterocycles. The molecule has 1 aliphatic rings. The molecule has 17 heavy (non-hydrogen) atoms. The first kappa shape index (κ1) is 12.9. The number of rotatable bonds is 4. The van der Waals surface area contributed by atoms with Gasteiger partial charge in [-0.3, -0.25) is 0 Å². The molecule has 1 aliphatic carbocycles. The number of aryl methyl sites for hydroxylation is 1. The van der Waals surface area contributed by atoms with Gasteiger partial charge in [0.1, 0.15) is 0 Å². The Balaban J connectivity index is 2.11. The summed E-state index contributed by atoms with van der Waals surface area (Å²) in [7, 11) is 2.23. The predicted octanol–water partition coefficient (Wildman–Crippen LogP) is 4.39. The van der Waals surface area contributed by atoms with Crippen molar-refractivity contribution in [3.8, 4) is 0 Å². The molecule has 0 atom stereocenters. The van der Waals surface area contributed by atoms with Crippen molar-refractivity contribution in [1.29, 1.82) is 0 Å². The summed E-state index contributed by atoms with van der Waals surface area (Å²) in [5.74, 6) is 0. The maximum absolute atomic E-state index is 3.73. The molecule has 0 N–H and O–H groups in total. The standard InChI is InChI=1S/C15H22BrN/c1-13-7-3-4-8-14(13)17(2)12-15(11-16)9-5-6-10-15/h3-4,7-8H,5-6,9-12H2,1-2H3. The fraction of sp³-hybridized carbons (Fsp3) is 0.600. The van der Waals surface area contributed by atoms with Gasteiger partial charge in [-0.05, 0) is 36.8 Å². The van der Waals surface area contributed by atoms with Gasteiger partial charge in [0.2, 0.25) is 0 Å². The average molecular weight is 296 g/mol. The highest BCUT2D eigenvalue weighted by Gasteiger charge is 2.34. The maximum Gasteiger partial charge on any atom is 0.0393 e. The van der Waals surface area contributed by atoms with E-state index in [1.807, 2.05) is 0 Å². The number of para-hydroxylation sites is 1. The number of hydrogen-bond acceptors (Lipinski definition) is 1. The third kappa shape index (κ3) is 2.85. The normalized spacial score (nSPS) is 18.3. The summed E-state index contributed by atoms with van der Waals surface area (Å²) < 4.78 is 0. The van der Waals surface area contributed by atoms with Gasteiger partial charge in [-0.2, -0.15) is 0 Å². The zero-order chi connectivity index (χ0) is 12.3. The van der Waals surface area contributed by atoms with Gasteiger partial charge in [0.25, 0.3) is 0 Å². The number of anilines is 1. The highest BCUT2D eigenvalue weighted by molar-refractivity contribution is 9.09. The van der Waals surface area contributed by atoms with Crippen LogP contribution in [0, 0.1) is 12.3 Å². The molecule has 1 nitrogen and oxygen atoms in total. The molecule has 1 aromatic rings. The van der Waals surface area contributed by atoms with Crippen molar-refractivity contribution >= 4 is 21.6 Å². The fourth-order valence-corrected chi connectivity index (χ4v) is 3.78. The first-order valence-corrected chi connectivity index (χ1v) is 7.62. The van der Waals surface area contributed by atoms with Crippen molar-refractivity contribution < 1.29 is 0 Å². The van der Waals surface area contributed by atoms with Crippen molar-refractivity contribution in [1.82, 2.24) is 0 Å². The zero-order valence-electron chi connectivity index (χ0n) is 10.9. The van der Waals surface area contributed by atoms with E-state index in [0.717, 1.165) is 5.33 Å². The van der Waals surface area contributed by atoms with E-state index < -0.39 is 0 Å². The summed E-state index contributed by atoms with van der Waals surface area (Å²) in [5.41, 5.74) is 3.24. The molecule has 0 heterocycles. The SMILES string of the molecule is Cc1ccccc1N(C)CC1(CBr)CCCC1. The number of halogens is 1. The minimum atomic E-state index is 0.497. The lowest BCUT2D eigenvalue weighted by Gasteiger charge is -2.33. The van der Waals surface area contributed by atoms with Crippen LogP contribution in [0.3, 0.4) is 0 Å². The van der Waals surface area contributed by atoms with Crippen molar-refractivity contribution in [3.63, 3.8) is 0 Å². The van der Waals surface area contributed by atoms with Crippen LogP contribution in [0.5, 0.6) is 0 Å².